The molecule has 0 radical (unpaired) electrons. The molecule has 0 saturated carbocycles. The Morgan fingerprint density at radius 2 is 1.83 bits per heavy atom. The van der Waals surface area contributed by atoms with Crippen molar-refractivity contribution in [3.05, 3.63) is 29.8 Å². The van der Waals surface area contributed by atoms with Gasteiger partial charge in [-0.15, -0.1) is 0 Å². The van der Waals surface area contributed by atoms with Gasteiger partial charge >= 0.3 is 0 Å². The summed E-state index contributed by atoms with van der Waals surface area (Å²) >= 11 is 0. The quantitative estimate of drug-likeness (QED) is 0.874. The van der Waals surface area contributed by atoms with E-state index in [2.05, 4.69) is 24.1 Å². The Bertz CT molecular complexity index is 682. The zero-order valence-electron chi connectivity index (χ0n) is 14.9. The van der Waals surface area contributed by atoms with Gasteiger partial charge in [0, 0.05) is 24.2 Å². The van der Waals surface area contributed by atoms with Crippen molar-refractivity contribution in [3.63, 3.8) is 0 Å². The maximum Gasteiger partial charge on any atom is 0.251 e. The molecule has 1 fully saturated rings. The standard InChI is InChI=1S/C17H27N3O3S/c1-17(2,19(3)4)13-18-16(21)14-7-9-15(10-8-14)20-11-5-6-12-24(20,22)23/h7-10H,5-6,11-13H2,1-4H3,(H,18,21). The van der Waals surface area contributed by atoms with Gasteiger partial charge in [-0.1, -0.05) is 0 Å². The number of anilines is 1. The predicted octanol–water partition coefficient (Wildman–Crippen LogP) is 1.69. The molecule has 1 saturated heterocycles. The first kappa shape index (κ1) is 18.7. The van der Waals surface area contributed by atoms with Crippen molar-refractivity contribution in [1.29, 1.82) is 0 Å². The number of rotatable bonds is 5. The minimum atomic E-state index is -3.22. The van der Waals surface area contributed by atoms with Crippen LogP contribution in [0.5, 0.6) is 0 Å². The van der Waals surface area contributed by atoms with Gasteiger partial charge in [-0.2, -0.15) is 0 Å². The van der Waals surface area contributed by atoms with Gasteiger partial charge in [0.05, 0.1) is 11.4 Å². The van der Waals surface area contributed by atoms with Crippen LogP contribution in [0, 0.1) is 0 Å². The Hall–Kier alpha value is -1.60. The molecule has 2 rings (SSSR count). The number of amides is 1. The van der Waals surface area contributed by atoms with Crippen molar-refractivity contribution in [2.24, 2.45) is 0 Å². The number of carbonyl (C=O) groups is 1. The maximum absolute atomic E-state index is 12.3. The highest BCUT2D eigenvalue weighted by Crippen LogP contribution is 2.23. The topological polar surface area (TPSA) is 69.7 Å². The maximum atomic E-state index is 12.3. The fourth-order valence-electron chi connectivity index (χ4n) is 2.41. The van der Waals surface area contributed by atoms with Crippen molar-refractivity contribution in [3.8, 4) is 0 Å². The minimum Gasteiger partial charge on any atom is -0.350 e. The van der Waals surface area contributed by atoms with Crippen LogP contribution < -0.4 is 9.62 Å². The number of carbonyl (C=O) groups excluding carboxylic acids is 1. The highest BCUT2D eigenvalue weighted by molar-refractivity contribution is 7.92. The van der Waals surface area contributed by atoms with E-state index in [4.69, 9.17) is 0 Å². The Morgan fingerprint density at radius 1 is 1.21 bits per heavy atom. The molecule has 7 heteroatoms. The number of nitrogens with zero attached hydrogens (tertiary/aromatic N) is 2. The van der Waals surface area contributed by atoms with E-state index in [0.717, 1.165) is 6.42 Å². The Morgan fingerprint density at radius 3 is 2.38 bits per heavy atom. The smallest absolute Gasteiger partial charge is 0.251 e. The van der Waals surface area contributed by atoms with Gasteiger partial charge in [0.2, 0.25) is 10.0 Å². The van der Waals surface area contributed by atoms with Crippen LogP contribution >= 0.6 is 0 Å². The van der Waals surface area contributed by atoms with Gasteiger partial charge in [0.25, 0.3) is 5.91 Å². The second kappa shape index (κ2) is 7.11. The summed E-state index contributed by atoms with van der Waals surface area (Å²) in [4.78, 5) is 14.3. The van der Waals surface area contributed by atoms with Crippen LogP contribution in [0.1, 0.15) is 37.0 Å². The molecule has 1 aromatic carbocycles. The molecule has 0 aromatic heterocycles. The van der Waals surface area contributed by atoms with Crippen molar-refractivity contribution in [2.75, 3.05) is 37.2 Å². The van der Waals surface area contributed by atoms with Crippen molar-refractivity contribution in [1.82, 2.24) is 10.2 Å². The van der Waals surface area contributed by atoms with Crippen LogP contribution in [0.2, 0.25) is 0 Å². The molecule has 6 nitrogen and oxygen atoms in total. The summed E-state index contributed by atoms with van der Waals surface area (Å²) in [7, 11) is 0.723. The Kier molecular flexibility index (Phi) is 5.55. The van der Waals surface area contributed by atoms with Gasteiger partial charge in [-0.3, -0.25) is 9.10 Å². The third-order valence-electron chi connectivity index (χ3n) is 4.66. The van der Waals surface area contributed by atoms with Gasteiger partial charge in [0.1, 0.15) is 0 Å². The molecule has 0 atom stereocenters. The van der Waals surface area contributed by atoms with Gasteiger partial charge in [0.15, 0.2) is 0 Å². The molecule has 0 spiro atoms. The number of likely N-dealkylation sites (N-methyl/N-ethyl adjacent to an activating group) is 1. The lowest BCUT2D eigenvalue weighted by Crippen LogP contribution is -2.48. The van der Waals surface area contributed by atoms with E-state index in [9.17, 15) is 13.2 Å². The highest BCUT2D eigenvalue weighted by Gasteiger charge is 2.26. The van der Waals surface area contributed by atoms with Crippen molar-refractivity contribution in [2.45, 2.75) is 32.2 Å². The van der Waals surface area contributed by atoms with Crippen LogP contribution in [0.15, 0.2) is 24.3 Å². The summed E-state index contributed by atoms with van der Waals surface area (Å²) in [6, 6.07) is 6.76. The zero-order valence-corrected chi connectivity index (χ0v) is 15.7. The van der Waals surface area contributed by atoms with E-state index >= 15 is 0 Å². The SMILES string of the molecule is CN(C)C(C)(C)CNC(=O)c1ccc(N2CCCCS2(=O)=O)cc1. The molecular weight excluding hydrogens is 326 g/mol. The van der Waals surface area contributed by atoms with Crippen molar-refractivity contribution < 1.29 is 13.2 Å². The van der Waals surface area contributed by atoms with Gasteiger partial charge in [-0.05, 0) is 65.0 Å². The predicted molar refractivity (Wildman–Crippen MR) is 96.9 cm³/mol. The summed E-state index contributed by atoms with van der Waals surface area (Å²) in [5, 5.41) is 2.92. The molecule has 0 bridgehead atoms. The number of nitrogens with one attached hydrogen (secondary N) is 1. The first-order valence-electron chi connectivity index (χ1n) is 8.20. The van der Waals surface area contributed by atoms with Crippen LogP contribution in [-0.4, -0.2) is 57.7 Å². The molecule has 1 aliphatic rings. The normalized spacial score (nSPS) is 17.8. The fraction of sp³-hybridized carbons (Fsp3) is 0.588. The lowest BCUT2D eigenvalue weighted by atomic mass is 10.0. The molecule has 134 valence electrons. The highest BCUT2D eigenvalue weighted by atomic mass is 32.2. The number of hydrogen-bond donors (Lipinski definition) is 1. The molecule has 24 heavy (non-hydrogen) atoms. The number of sulfonamides is 1. The van der Waals surface area contributed by atoms with E-state index in [0.29, 0.717) is 30.8 Å². The van der Waals surface area contributed by atoms with E-state index in [1.807, 2.05) is 14.1 Å². The summed E-state index contributed by atoms with van der Waals surface area (Å²) in [6.45, 7) is 5.14. The van der Waals surface area contributed by atoms with Crippen molar-refractivity contribution >= 4 is 21.6 Å². The monoisotopic (exact) mass is 353 g/mol. The van der Waals surface area contributed by atoms with Crippen LogP contribution in [-0.2, 0) is 10.0 Å². The number of hydrogen-bond acceptors (Lipinski definition) is 4. The van der Waals surface area contributed by atoms with E-state index in [1.165, 1.54) is 4.31 Å². The average molecular weight is 353 g/mol. The van der Waals surface area contributed by atoms with E-state index in [1.54, 1.807) is 24.3 Å². The van der Waals surface area contributed by atoms with Crippen LogP contribution in [0.25, 0.3) is 0 Å². The molecule has 1 aromatic rings. The van der Waals surface area contributed by atoms with Gasteiger partial charge < -0.3 is 10.2 Å². The second-order valence-electron chi connectivity index (χ2n) is 7.03. The lowest BCUT2D eigenvalue weighted by Gasteiger charge is -2.32. The third-order valence-corrected chi connectivity index (χ3v) is 6.53. The Labute approximate surface area is 144 Å². The first-order valence-corrected chi connectivity index (χ1v) is 9.80. The second-order valence-corrected chi connectivity index (χ2v) is 9.04. The van der Waals surface area contributed by atoms with E-state index < -0.39 is 10.0 Å². The molecular formula is C17H27N3O3S. The number of benzene rings is 1. The van der Waals surface area contributed by atoms with Crippen LogP contribution in [0.4, 0.5) is 5.69 Å². The first-order chi connectivity index (χ1) is 11.1. The van der Waals surface area contributed by atoms with E-state index in [-0.39, 0.29) is 17.2 Å². The summed E-state index contributed by atoms with van der Waals surface area (Å²) in [6.07, 6.45) is 1.57. The lowest BCUT2D eigenvalue weighted by molar-refractivity contribution is 0.0919. The fourth-order valence-corrected chi connectivity index (χ4v) is 4.05. The minimum absolute atomic E-state index is 0.141. The van der Waals surface area contributed by atoms with Gasteiger partial charge in [-0.25, -0.2) is 8.42 Å². The summed E-state index contributed by atoms with van der Waals surface area (Å²) in [5.41, 5.74) is 1.01. The summed E-state index contributed by atoms with van der Waals surface area (Å²) in [5.74, 6) is 0.0347. The molecule has 0 aliphatic carbocycles. The zero-order chi connectivity index (χ0) is 18.0. The average Bonchev–Trinajstić information content (AvgIpc) is 2.52. The largest absolute Gasteiger partial charge is 0.350 e. The molecule has 1 heterocycles. The van der Waals surface area contributed by atoms with Crippen LogP contribution in [0.3, 0.4) is 0 Å². The molecule has 0 unspecified atom stereocenters. The molecule has 1 N–H and O–H groups in total. The summed E-state index contributed by atoms with van der Waals surface area (Å²) < 4.78 is 25.7. The third kappa shape index (κ3) is 4.27. The molecule has 1 aliphatic heterocycles. The Balaban J connectivity index is 2.05. The molecule has 1 amide bonds.